The normalized spacial score (nSPS) is 12.6. The fraction of sp³-hybridized carbons (Fsp3) is 0.385. The Morgan fingerprint density at radius 3 is 2.52 bits per heavy atom. The second kappa shape index (κ2) is 6.96. The van der Waals surface area contributed by atoms with Crippen molar-refractivity contribution in [3.05, 3.63) is 29.8 Å². The predicted molar refractivity (Wildman–Crippen MR) is 69.9 cm³/mol. The summed E-state index contributed by atoms with van der Waals surface area (Å²) in [5, 5.41) is 13.3. The molecule has 21 heavy (non-hydrogen) atoms. The molecule has 0 heterocycles. The van der Waals surface area contributed by atoms with Gasteiger partial charge in [-0.2, -0.15) is 13.2 Å². The van der Waals surface area contributed by atoms with Crippen molar-refractivity contribution < 1.29 is 27.9 Å². The Kier molecular flexibility index (Phi) is 5.57. The van der Waals surface area contributed by atoms with Crippen molar-refractivity contribution in [3.63, 3.8) is 0 Å². The van der Waals surface area contributed by atoms with Crippen LogP contribution in [0.25, 0.3) is 0 Å². The number of carboxylic acids is 1. The molecule has 0 saturated carbocycles. The molecule has 0 bridgehead atoms. The van der Waals surface area contributed by atoms with Crippen LogP contribution >= 0.6 is 0 Å². The first-order chi connectivity index (χ1) is 9.74. The van der Waals surface area contributed by atoms with E-state index in [1.807, 2.05) is 0 Å². The van der Waals surface area contributed by atoms with E-state index in [4.69, 9.17) is 5.11 Å². The Hall–Kier alpha value is -2.25. The van der Waals surface area contributed by atoms with Crippen molar-refractivity contribution in [2.24, 2.45) is 5.92 Å². The molecular weight excluding hydrogens is 289 g/mol. The molecule has 116 valence electrons. The van der Waals surface area contributed by atoms with Crippen molar-refractivity contribution in [1.29, 1.82) is 0 Å². The molecule has 0 radical (unpaired) electrons. The summed E-state index contributed by atoms with van der Waals surface area (Å²) in [5.74, 6) is -1.78. The van der Waals surface area contributed by atoms with Crippen LogP contribution in [0.5, 0.6) is 0 Å². The van der Waals surface area contributed by atoms with Crippen molar-refractivity contribution in [2.45, 2.75) is 19.5 Å². The predicted octanol–water partition coefficient (Wildman–Crippen LogP) is 2.94. The van der Waals surface area contributed by atoms with Crippen LogP contribution in [-0.4, -0.2) is 23.7 Å². The Morgan fingerprint density at radius 1 is 1.33 bits per heavy atom. The van der Waals surface area contributed by atoms with Crippen molar-refractivity contribution in [1.82, 2.24) is 5.32 Å². The smallest absolute Gasteiger partial charge is 0.416 e. The average molecular weight is 304 g/mol. The van der Waals surface area contributed by atoms with E-state index in [0.717, 1.165) is 12.1 Å². The van der Waals surface area contributed by atoms with Crippen LogP contribution in [0, 0.1) is 5.92 Å². The standard InChI is InChI=1S/C13H15F3N2O3/c1-2-8(11(19)20)7-17-12(21)18-10-5-3-4-9(6-10)13(14,15)16/h3-6,8H,2,7H2,1H3,(H,19,20)(H2,17,18,21). The summed E-state index contributed by atoms with van der Waals surface area (Å²) in [5.41, 5.74) is -0.900. The second-order valence-corrected chi connectivity index (χ2v) is 4.36. The summed E-state index contributed by atoms with van der Waals surface area (Å²) in [7, 11) is 0. The summed E-state index contributed by atoms with van der Waals surface area (Å²) >= 11 is 0. The fourth-order valence-electron chi connectivity index (χ4n) is 1.57. The van der Waals surface area contributed by atoms with E-state index >= 15 is 0 Å². The highest BCUT2D eigenvalue weighted by Crippen LogP contribution is 2.30. The van der Waals surface area contributed by atoms with Crippen molar-refractivity contribution in [3.8, 4) is 0 Å². The Labute approximate surface area is 119 Å². The number of anilines is 1. The van der Waals surface area contributed by atoms with E-state index in [1.54, 1.807) is 6.92 Å². The highest BCUT2D eigenvalue weighted by Gasteiger charge is 2.30. The Balaban J connectivity index is 2.61. The molecule has 0 aliphatic rings. The first kappa shape index (κ1) is 16.8. The zero-order chi connectivity index (χ0) is 16.0. The number of carbonyl (C=O) groups excluding carboxylic acids is 1. The van der Waals surface area contributed by atoms with Gasteiger partial charge in [0.25, 0.3) is 0 Å². The third-order valence-electron chi connectivity index (χ3n) is 2.80. The molecule has 1 aromatic carbocycles. The van der Waals surface area contributed by atoms with Gasteiger partial charge in [-0.3, -0.25) is 4.79 Å². The van der Waals surface area contributed by atoms with E-state index < -0.39 is 29.7 Å². The summed E-state index contributed by atoms with van der Waals surface area (Å²) in [6.45, 7) is 1.56. The molecule has 3 N–H and O–H groups in total. The summed E-state index contributed by atoms with van der Waals surface area (Å²) < 4.78 is 37.5. The second-order valence-electron chi connectivity index (χ2n) is 4.36. The number of halogens is 3. The highest BCUT2D eigenvalue weighted by molar-refractivity contribution is 5.89. The van der Waals surface area contributed by atoms with Crippen molar-refractivity contribution in [2.75, 3.05) is 11.9 Å². The third-order valence-corrected chi connectivity index (χ3v) is 2.80. The van der Waals surface area contributed by atoms with Crippen LogP contribution in [0.2, 0.25) is 0 Å². The third kappa shape index (κ3) is 5.33. The van der Waals surface area contributed by atoms with E-state index in [2.05, 4.69) is 10.6 Å². The van der Waals surface area contributed by atoms with Gasteiger partial charge in [0.2, 0.25) is 0 Å². The minimum Gasteiger partial charge on any atom is -0.481 e. The monoisotopic (exact) mass is 304 g/mol. The van der Waals surface area contributed by atoms with Gasteiger partial charge < -0.3 is 15.7 Å². The molecule has 8 heteroatoms. The molecule has 0 spiro atoms. The zero-order valence-electron chi connectivity index (χ0n) is 11.2. The van der Waals surface area contributed by atoms with Gasteiger partial charge in [0.05, 0.1) is 11.5 Å². The van der Waals surface area contributed by atoms with Gasteiger partial charge in [-0.15, -0.1) is 0 Å². The highest BCUT2D eigenvalue weighted by atomic mass is 19.4. The molecular formula is C13H15F3N2O3. The number of rotatable bonds is 5. The molecule has 1 atom stereocenters. The zero-order valence-corrected chi connectivity index (χ0v) is 11.2. The Bertz CT molecular complexity index is 518. The van der Waals surface area contributed by atoms with Crippen LogP contribution in [-0.2, 0) is 11.0 Å². The molecule has 2 amide bonds. The van der Waals surface area contributed by atoms with Gasteiger partial charge in [-0.25, -0.2) is 4.79 Å². The summed E-state index contributed by atoms with van der Waals surface area (Å²) in [4.78, 5) is 22.3. The molecule has 0 fully saturated rings. The number of urea groups is 1. The van der Waals surface area contributed by atoms with Crippen LogP contribution < -0.4 is 10.6 Å². The van der Waals surface area contributed by atoms with Gasteiger partial charge in [-0.05, 0) is 24.6 Å². The Morgan fingerprint density at radius 2 is 2.00 bits per heavy atom. The van der Waals surface area contributed by atoms with Gasteiger partial charge in [-0.1, -0.05) is 13.0 Å². The molecule has 5 nitrogen and oxygen atoms in total. The first-order valence-corrected chi connectivity index (χ1v) is 6.19. The number of carboxylic acid groups (broad SMARTS) is 1. The molecule has 0 saturated heterocycles. The van der Waals surface area contributed by atoms with Crippen LogP contribution in [0.1, 0.15) is 18.9 Å². The minimum absolute atomic E-state index is 0.0225. The summed E-state index contributed by atoms with van der Waals surface area (Å²) in [6, 6.07) is 3.41. The maximum absolute atomic E-state index is 12.5. The quantitative estimate of drug-likeness (QED) is 0.782. The van der Waals surface area contributed by atoms with Gasteiger partial charge in [0.1, 0.15) is 0 Å². The van der Waals surface area contributed by atoms with Crippen LogP contribution in [0.4, 0.5) is 23.7 Å². The topological polar surface area (TPSA) is 78.4 Å². The fourth-order valence-corrected chi connectivity index (χ4v) is 1.57. The van der Waals surface area contributed by atoms with Gasteiger partial charge in [0, 0.05) is 12.2 Å². The maximum atomic E-state index is 12.5. The van der Waals surface area contributed by atoms with Gasteiger partial charge in [0.15, 0.2) is 0 Å². The van der Waals surface area contributed by atoms with E-state index in [0.29, 0.717) is 6.42 Å². The number of alkyl halides is 3. The lowest BCUT2D eigenvalue weighted by atomic mass is 10.1. The lowest BCUT2D eigenvalue weighted by Gasteiger charge is -2.13. The molecule has 1 aromatic rings. The molecule has 0 aliphatic carbocycles. The summed E-state index contributed by atoms with van der Waals surface area (Å²) in [6.07, 6.45) is -4.16. The SMILES string of the molecule is CCC(CNC(=O)Nc1cccc(C(F)(F)F)c1)C(=O)O. The van der Waals surface area contributed by atoms with E-state index in [-0.39, 0.29) is 12.2 Å². The molecule has 1 unspecified atom stereocenters. The van der Waals surface area contributed by atoms with Crippen LogP contribution in [0.3, 0.4) is 0 Å². The number of hydrogen-bond acceptors (Lipinski definition) is 2. The number of hydrogen-bond donors (Lipinski definition) is 3. The number of aliphatic carboxylic acids is 1. The molecule has 0 aromatic heterocycles. The molecule has 1 rings (SSSR count). The first-order valence-electron chi connectivity index (χ1n) is 6.19. The number of nitrogens with one attached hydrogen (secondary N) is 2. The number of benzene rings is 1. The van der Waals surface area contributed by atoms with Crippen LogP contribution in [0.15, 0.2) is 24.3 Å². The lowest BCUT2D eigenvalue weighted by Crippen LogP contribution is -2.35. The van der Waals surface area contributed by atoms with Gasteiger partial charge >= 0.3 is 18.2 Å². The largest absolute Gasteiger partial charge is 0.481 e. The maximum Gasteiger partial charge on any atom is 0.416 e. The van der Waals surface area contributed by atoms with E-state index in [1.165, 1.54) is 12.1 Å². The molecule has 0 aliphatic heterocycles. The van der Waals surface area contributed by atoms with Crippen molar-refractivity contribution >= 4 is 17.7 Å². The lowest BCUT2D eigenvalue weighted by molar-refractivity contribution is -0.141. The minimum atomic E-state index is -4.50. The van der Waals surface area contributed by atoms with E-state index in [9.17, 15) is 22.8 Å². The average Bonchev–Trinajstić information content (AvgIpc) is 2.38. The number of carbonyl (C=O) groups is 2. The number of amides is 2.